The smallest absolute Gasteiger partial charge is 0.160 e. The number of para-hydroxylation sites is 2. The molecule has 3 heterocycles. The Kier molecular flexibility index (Phi) is 6.82. The molecular formula is C50H32N4. The van der Waals surface area contributed by atoms with Gasteiger partial charge in [-0.2, -0.15) is 0 Å². The lowest BCUT2D eigenvalue weighted by Gasteiger charge is -2.11. The Morgan fingerprint density at radius 2 is 0.815 bits per heavy atom. The van der Waals surface area contributed by atoms with E-state index in [1.165, 1.54) is 54.4 Å². The summed E-state index contributed by atoms with van der Waals surface area (Å²) in [6, 6.07) is 69.0. The van der Waals surface area contributed by atoms with E-state index in [0.717, 1.165) is 39.5 Å². The quantitative estimate of drug-likeness (QED) is 0.180. The molecule has 3 aromatic heterocycles. The van der Waals surface area contributed by atoms with Gasteiger partial charge in [-0.25, -0.2) is 9.97 Å². The summed E-state index contributed by atoms with van der Waals surface area (Å²) < 4.78 is 4.82. The summed E-state index contributed by atoms with van der Waals surface area (Å²) in [7, 11) is 0. The molecule has 4 nitrogen and oxygen atoms in total. The summed E-state index contributed by atoms with van der Waals surface area (Å²) >= 11 is 0. The number of hydrogen-bond acceptors (Lipinski definition) is 2. The molecule has 11 rings (SSSR count). The Balaban J connectivity index is 1.13. The molecule has 0 aliphatic heterocycles. The first-order valence-corrected chi connectivity index (χ1v) is 18.3. The van der Waals surface area contributed by atoms with Gasteiger partial charge in [0.05, 0.1) is 33.5 Å². The van der Waals surface area contributed by atoms with Crippen molar-refractivity contribution in [3.8, 4) is 45.3 Å². The van der Waals surface area contributed by atoms with Gasteiger partial charge in [0.15, 0.2) is 5.82 Å². The summed E-state index contributed by atoms with van der Waals surface area (Å²) in [5, 5.41) is 7.48. The highest BCUT2D eigenvalue weighted by molar-refractivity contribution is 6.29. The molecule has 0 bridgehead atoms. The second-order valence-electron chi connectivity index (χ2n) is 13.8. The fraction of sp³-hybridized carbons (Fsp3) is 0. The first kappa shape index (κ1) is 30.3. The normalized spacial score (nSPS) is 11.7. The molecule has 0 unspecified atom stereocenters. The van der Waals surface area contributed by atoms with Crippen LogP contribution in [0.5, 0.6) is 0 Å². The standard InChI is InChI=1S/C50H32N4/c1-4-14-33(15-5-1)42-32-43(34-16-6-2-7-17-34)52-50(51-42)35-24-26-39(27-25-35)53-44-23-13-12-22-40(44)48-45(53)28-29-46-49(48)41-30-36-18-10-11-19-37(36)31-47(41)54(46)38-20-8-3-9-21-38/h1-32H. The molecule has 0 spiro atoms. The van der Waals surface area contributed by atoms with Gasteiger partial charge in [0, 0.05) is 49.6 Å². The van der Waals surface area contributed by atoms with E-state index in [2.05, 4.69) is 191 Å². The van der Waals surface area contributed by atoms with E-state index in [-0.39, 0.29) is 0 Å². The molecule has 0 fully saturated rings. The van der Waals surface area contributed by atoms with Crippen molar-refractivity contribution in [2.75, 3.05) is 0 Å². The van der Waals surface area contributed by atoms with Crippen LogP contribution >= 0.6 is 0 Å². The molecule has 0 radical (unpaired) electrons. The Bertz CT molecular complexity index is 3120. The second-order valence-corrected chi connectivity index (χ2v) is 13.8. The number of aromatic nitrogens is 4. The molecule has 0 amide bonds. The molecular weight excluding hydrogens is 657 g/mol. The van der Waals surface area contributed by atoms with E-state index in [9.17, 15) is 0 Å². The highest BCUT2D eigenvalue weighted by Gasteiger charge is 2.21. The van der Waals surface area contributed by atoms with Crippen LogP contribution in [0.1, 0.15) is 0 Å². The molecule has 0 aliphatic rings. The van der Waals surface area contributed by atoms with Crippen LogP contribution < -0.4 is 0 Å². The van der Waals surface area contributed by atoms with E-state index in [4.69, 9.17) is 9.97 Å². The van der Waals surface area contributed by atoms with Crippen LogP contribution in [-0.2, 0) is 0 Å². The zero-order chi connectivity index (χ0) is 35.6. The predicted octanol–water partition coefficient (Wildman–Crippen LogP) is 12.8. The van der Waals surface area contributed by atoms with Crippen molar-refractivity contribution < 1.29 is 0 Å². The number of fused-ring (bicyclic) bond motifs is 8. The zero-order valence-corrected chi connectivity index (χ0v) is 29.3. The Morgan fingerprint density at radius 1 is 0.315 bits per heavy atom. The van der Waals surface area contributed by atoms with Crippen molar-refractivity contribution in [2.45, 2.75) is 0 Å². The van der Waals surface area contributed by atoms with Gasteiger partial charge >= 0.3 is 0 Å². The summed E-state index contributed by atoms with van der Waals surface area (Å²) in [5.41, 5.74) is 11.9. The molecule has 0 N–H and O–H groups in total. The van der Waals surface area contributed by atoms with Crippen molar-refractivity contribution >= 4 is 54.4 Å². The highest BCUT2D eigenvalue weighted by atomic mass is 15.0. The SMILES string of the molecule is c1ccc(-c2cc(-c3ccccc3)nc(-c3ccc(-n4c5ccccc5c5c6c7cc8ccccc8cc7n(-c7ccccc7)c6ccc54)cc3)n2)cc1. The number of hydrogen-bond donors (Lipinski definition) is 0. The minimum absolute atomic E-state index is 0.701. The van der Waals surface area contributed by atoms with E-state index in [1.807, 2.05) is 12.1 Å². The van der Waals surface area contributed by atoms with E-state index >= 15 is 0 Å². The van der Waals surface area contributed by atoms with E-state index in [0.29, 0.717) is 5.82 Å². The summed E-state index contributed by atoms with van der Waals surface area (Å²) in [6.07, 6.45) is 0. The van der Waals surface area contributed by atoms with Crippen LogP contribution in [0.15, 0.2) is 194 Å². The third-order valence-electron chi connectivity index (χ3n) is 10.7. The predicted molar refractivity (Wildman–Crippen MR) is 225 cm³/mol. The van der Waals surface area contributed by atoms with Gasteiger partial charge in [0.1, 0.15) is 0 Å². The molecule has 0 atom stereocenters. The highest BCUT2D eigenvalue weighted by Crippen LogP contribution is 2.43. The Morgan fingerprint density at radius 3 is 1.46 bits per heavy atom. The summed E-state index contributed by atoms with van der Waals surface area (Å²) in [4.78, 5) is 10.2. The second kappa shape index (κ2) is 12.1. The van der Waals surface area contributed by atoms with Gasteiger partial charge in [-0.1, -0.05) is 121 Å². The topological polar surface area (TPSA) is 35.6 Å². The zero-order valence-electron chi connectivity index (χ0n) is 29.3. The van der Waals surface area contributed by atoms with Crippen molar-refractivity contribution in [1.82, 2.24) is 19.1 Å². The maximum absolute atomic E-state index is 5.08. The molecule has 11 aromatic rings. The minimum atomic E-state index is 0.701. The van der Waals surface area contributed by atoms with Gasteiger partial charge in [-0.05, 0) is 83.6 Å². The van der Waals surface area contributed by atoms with Crippen LogP contribution in [0.4, 0.5) is 0 Å². The van der Waals surface area contributed by atoms with Crippen LogP contribution in [0.25, 0.3) is 99.7 Å². The first-order valence-electron chi connectivity index (χ1n) is 18.3. The summed E-state index contributed by atoms with van der Waals surface area (Å²) in [5.74, 6) is 0.701. The minimum Gasteiger partial charge on any atom is -0.309 e. The maximum Gasteiger partial charge on any atom is 0.160 e. The van der Waals surface area contributed by atoms with Crippen LogP contribution in [0, 0.1) is 0 Å². The Hall–Kier alpha value is -7.30. The molecule has 54 heavy (non-hydrogen) atoms. The van der Waals surface area contributed by atoms with Crippen molar-refractivity contribution in [1.29, 1.82) is 0 Å². The van der Waals surface area contributed by atoms with Gasteiger partial charge in [0.25, 0.3) is 0 Å². The number of benzene rings is 8. The van der Waals surface area contributed by atoms with Crippen LogP contribution in [0.2, 0.25) is 0 Å². The van der Waals surface area contributed by atoms with E-state index in [1.54, 1.807) is 0 Å². The average molecular weight is 689 g/mol. The van der Waals surface area contributed by atoms with Crippen molar-refractivity contribution in [3.63, 3.8) is 0 Å². The van der Waals surface area contributed by atoms with Crippen molar-refractivity contribution in [2.24, 2.45) is 0 Å². The molecule has 4 heteroatoms. The van der Waals surface area contributed by atoms with Crippen molar-refractivity contribution in [3.05, 3.63) is 194 Å². The third-order valence-corrected chi connectivity index (χ3v) is 10.7. The number of nitrogens with zero attached hydrogens (tertiary/aromatic N) is 4. The van der Waals surface area contributed by atoms with Gasteiger partial charge in [0.2, 0.25) is 0 Å². The summed E-state index contributed by atoms with van der Waals surface area (Å²) in [6.45, 7) is 0. The third kappa shape index (κ3) is 4.78. The molecule has 252 valence electrons. The largest absolute Gasteiger partial charge is 0.309 e. The molecule has 0 aliphatic carbocycles. The van der Waals surface area contributed by atoms with Crippen LogP contribution in [-0.4, -0.2) is 19.1 Å². The fourth-order valence-electron chi connectivity index (χ4n) is 8.23. The lowest BCUT2D eigenvalue weighted by Crippen LogP contribution is -1.97. The van der Waals surface area contributed by atoms with Crippen LogP contribution in [0.3, 0.4) is 0 Å². The fourth-order valence-corrected chi connectivity index (χ4v) is 8.23. The lowest BCUT2D eigenvalue weighted by atomic mass is 10.0. The molecule has 0 saturated heterocycles. The number of rotatable bonds is 5. The molecule has 0 saturated carbocycles. The van der Waals surface area contributed by atoms with Gasteiger partial charge < -0.3 is 9.13 Å². The molecule has 8 aromatic carbocycles. The van der Waals surface area contributed by atoms with Gasteiger partial charge in [-0.15, -0.1) is 0 Å². The first-order chi connectivity index (χ1) is 26.8. The van der Waals surface area contributed by atoms with Gasteiger partial charge in [-0.3, -0.25) is 0 Å². The Labute approximate surface area is 311 Å². The lowest BCUT2D eigenvalue weighted by molar-refractivity contribution is 1.16. The maximum atomic E-state index is 5.08. The van der Waals surface area contributed by atoms with E-state index < -0.39 is 0 Å². The average Bonchev–Trinajstić information content (AvgIpc) is 3.76. The monoisotopic (exact) mass is 688 g/mol.